The van der Waals surface area contributed by atoms with Crippen molar-refractivity contribution < 1.29 is 4.42 Å². The molecule has 2 aromatic carbocycles. The zero-order chi connectivity index (χ0) is 18.2. The molecule has 1 saturated carbocycles. The van der Waals surface area contributed by atoms with Crippen molar-refractivity contribution in [2.45, 2.75) is 12.8 Å². The Morgan fingerprint density at radius 3 is 2.67 bits per heavy atom. The van der Waals surface area contributed by atoms with Crippen LogP contribution in [0.1, 0.15) is 18.4 Å². The average Bonchev–Trinajstić information content (AvgIpc) is 3.19. The van der Waals surface area contributed by atoms with Crippen molar-refractivity contribution in [3.8, 4) is 29.0 Å². The molecule has 27 heavy (non-hydrogen) atoms. The fourth-order valence-electron chi connectivity index (χ4n) is 3.03. The van der Waals surface area contributed by atoms with Crippen LogP contribution < -0.4 is 5.32 Å². The highest BCUT2D eigenvalue weighted by atomic mass is 16.4. The third-order valence-corrected chi connectivity index (χ3v) is 4.78. The summed E-state index contributed by atoms with van der Waals surface area (Å²) < 4.78 is 5.85. The van der Waals surface area contributed by atoms with Crippen LogP contribution in [0, 0.1) is 17.2 Å². The van der Waals surface area contributed by atoms with E-state index in [1.54, 1.807) is 12.3 Å². The first-order valence-electron chi connectivity index (χ1n) is 8.85. The number of anilines is 1. The highest BCUT2D eigenvalue weighted by molar-refractivity contribution is 5.82. The fraction of sp³-hybridized carbons (Fsp3) is 0.200. The van der Waals surface area contributed by atoms with E-state index in [2.05, 4.69) is 31.8 Å². The first kappa shape index (κ1) is 15.6. The molecular weight excluding hydrogens is 340 g/mol. The third-order valence-electron chi connectivity index (χ3n) is 4.78. The van der Waals surface area contributed by atoms with Gasteiger partial charge in [0.1, 0.15) is 6.07 Å². The Labute approximate surface area is 155 Å². The molecule has 0 aliphatic heterocycles. The molecule has 0 radical (unpaired) electrons. The van der Waals surface area contributed by atoms with Crippen LogP contribution in [0.3, 0.4) is 0 Å². The number of aromatic amines is 1. The monoisotopic (exact) mass is 356 g/mol. The number of benzene rings is 2. The van der Waals surface area contributed by atoms with Crippen LogP contribution in [0.15, 0.2) is 47.0 Å². The summed E-state index contributed by atoms with van der Waals surface area (Å²) in [4.78, 5) is 0. The van der Waals surface area contributed by atoms with E-state index in [1.807, 2.05) is 30.3 Å². The smallest absolute Gasteiger partial charge is 0.248 e. The molecule has 0 saturated heterocycles. The largest absolute Gasteiger partial charge is 0.416 e. The maximum Gasteiger partial charge on any atom is 0.248 e. The lowest BCUT2D eigenvalue weighted by Gasteiger charge is -2.08. The molecule has 2 heterocycles. The van der Waals surface area contributed by atoms with E-state index in [0.717, 1.165) is 40.2 Å². The van der Waals surface area contributed by atoms with Crippen molar-refractivity contribution in [2.75, 3.05) is 11.9 Å². The molecule has 4 aromatic rings. The van der Waals surface area contributed by atoms with E-state index in [9.17, 15) is 5.26 Å². The summed E-state index contributed by atoms with van der Waals surface area (Å²) in [5.41, 5.74) is 3.93. The Bertz CT molecular complexity index is 1160. The second-order valence-corrected chi connectivity index (χ2v) is 6.78. The van der Waals surface area contributed by atoms with Gasteiger partial charge in [-0.25, -0.2) is 0 Å². The summed E-state index contributed by atoms with van der Waals surface area (Å²) in [7, 11) is 0. The van der Waals surface area contributed by atoms with E-state index in [0.29, 0.717) is 17.3 Å². The molecule has 0 bridgehead atoms. The summed E-state index contributed by atoms with van der Waals surface area (Å²) in [6.07, 6.45) is 4.29. The summed E-state index contributed by atoms with van der Waals surface area (Å²) in [5.74, 6) is 1.56. The van der Waals surface area contributed by atoms with Crippen molar-refractivity contribution in [3.63, 3.8) is 0 Å². The Balaban J connectivity index is 1.43. The Hall–Kier alpha value is -3.66. The van der Waals surface area contributed by atoms with Gasteiger partial charge in [-0.3, -0.25) is 5.10 Å². The second kappa shape index (κ2) is 6.25. The number of aromatic nitrogens is 4. The predicted octanol–water partition coefficient (Wildman–Crippen LogP) is 3.97. The number of H-pyrrole nitrogens is 1. The van der Waals surface area contributed by atoms with Crippen LogP contribution in [-0.4, -0.2) is 26.9 Å². The van der Waals surface area contributed by atoms with Gasteiger partial charge in [0.15, 0.2) is 0 Å². The number of hydrogen-bond acceptors (Lipinski definition) is 6. The lowest BCUT2D eigenvalue weighted by atomic mass is 10.1. The molecule has 1 aliphatic rings. The summed E-state index contributed by atoms with van der Waals surface area (Å²) in [6, 6.07) is 13.6. The van der Waals surface area contributed by atoms with Gasteiger partial charge in [0.2, 0.25) is 11.8 Å². The van der Waals surface area contributed by atoms with E-state index < -0.39 is 0 Å². The van der Waals surface area contributed by atoms with Crippen LogP contribution in [0.2, 0.25) is 0 Å². The van der Waals surface area contributed by atoms with Gasteiger partial charge in [0.25, 0.3) is 0 Å². The maximum absolute atomic E-state index is 9.47. The van der Waals surface area contributed by atoms with E-state index >= 15 is 0 Å². The molecular formula is C20H16N6O. The van der Waals surface area contributed by atoms with Gasteiger partial charge in [-0.15, -0.1) is 10.2 Å². The average molecular weight is 356 g/mol. The van der Waals surface area contributed by atoms with E-state index in [4.69, 9.17) is 4.42 Å². The van der Waals surface area contributed by atoms with Crippen molar-refractivity contribution in [3.05, 3.63) is 48.2 Å². The van der Waals surface area contributed by atoms with Crippen LogP contribution in [0.4, 0.5) is 5.69 Å². The van der Waals surface area contributed by atoms with Crippen molar-refractivity contribution >= 4 is 16.6 Å². The Morgan fingerprint density at radius 1 is 1.11 bits per heavy atom. The lowest BCUT2D eigenvalue weighted by Crippen LogP contribution is -2.04. The molecule has 1 fully saturated rings. The predicted molar refractivity (Wildman–Crippen MR) is 101 cm³/mol. The molecule has 0 unspecified atom stereocenters. The first-order valence-corrected chi connectivity index (χ1v) is 8.85. The molecule has 5 rings (SSSR count). The second-order valence-electron chi connectivity index (χ2n) is 6.78. The van der Waals surface area contributed by atoms with Gasteiger partial charge in [-0.05, 0) is 55.2 Å². The molecule has 1 aliphatic carbocycles. The van der Waals surface area contributed by atoms with Gasteiger partial charge in [0, 0.05) is 23.1 Å². The Kier molecular flexibility index (Phi) is 3.61. The third kappa shape index (κ3) is 3.02. The highest BCUT2D eigenvalue weighted by Crippen LogP contribution is 2.31. The van der Waals surface area contributed by atoms with Crippen LogP contribution >= 0.6 is 0 Å². The highest BCUT2D eigenvalue weighted by Gasteiger charge is 2.21. The number of nitrogens with zero attached hydrogens (tertiary/aromatic N) is 4. The molecule has 7 heteroatoms. The number of nitriles is 1. The molecule has 0 amide bonds. The Morgan fingerprint density at radius 2 is 1.89 bits per heavy atom. The number of hydrogen-bond donors (Lipinski definition) is 2. The minimum atomic E-state index is 0.391. The molecule has 132 valence electrons. The maximum atomic E-state index is 9.47. The van der Waals surface area contributed by atoms with Crippen LogP contribution in [0.5, 0.6) is 0 Å². The summed E-state index contributed by atoms with van der Waals surface area (Å²) >= 11 is 0. The van der Waals surface area contributed by atoms with Crippen LogP contribution in [-0.2, 0) is 0 Å². The number of nitrogens with one attached hydrogen (secondary N) is 2. The van der Waals surface area contributed by atoms with Crippen molar-refractivity contribution in [1.29, 1.82) is 5.26 Å². The standard InChI is InChI=1S/C20H16N6O/c21-9-15-7-13(3-5-17(15)22-10-12-1-2-12)19-25-26-20(27-19)14-4-6-18-16(8-14)11-23-24-18/h3-8,11-12,22H,1-2,10H2,(H,23,24). The van der Waals surface area contributed by atoms with Crippen LogP contribution in [0.25, 0.3) is 33.8 Å². The normalized spacial score (nSPS) is 13.6. The van der Waals surface area contributed by atoms with Gasteiger partial charge in [-0.1, -0.05) is 0 Å². The van der Waals surface area contributed by atoms with Gasteiger partial charge in [-0.2, -0.15) is 10.4 Å². The first-order chi connectivity index (χ1) is 13.3. The molecule has 2 aromatic heterocycles. The fourth-order valence-corrected chi connectivity index (χ4v) is 3.03. The van der Waals surface area contributed by atoms with E-state index in [-0.39, 0.29) is 0 Å². The minimum absolute atomic E-state index is 0.391. The molecule has 2 N–H and O–H groups in total. The topological polar surface area (TPSA) is 103 Å². The quantitative estimate of drug-likeness (QED) is 0.561. The molecule has 0 spiro atoms. The number of rotatable bonds is 5. The van der Waals surface area contributed by atoms with E-state index in [1.165, 1.54) is 12.8 Å². The minimum Gasteiger partial charge on any atom is -0.416 e. The van der Waals surface area contributed by atoms with Gasteiger partial charge >= 0.3 is 0 Å². The SMILES string of the molecule is N#Cc1cc(-c2nnc(-c3ccc4[nH]ncc4c3)o2)ccc1NCC1CC1. The summed E-state index contributed by atoms with van der Waals surface area (Å²) in [5, 5.41) is 29.0. The zero-order valence-corrected chi connectivity index (χ0v) is 14.4. The molecule has 7 nitrogen and oxygen atoms in total. The lowest BCUT2D eigenvalue weighted by molar-refractivity contribution is 0.584. The van der Waals surface area contributed by atoms with Crippen molar-refractivity contribution in [1.82, 2.24) is 20.4 Å². The van der Waals surface area contributed by atoms with Gasteiger partial charge < -0.3 is 9.73 Å². The van der Waals surface area contributed by atoms with Gasteiger partial charge in [0.05, 0.1) is 23.0 Å². The number of fused-ring (bicyclic) bond motifs is 1. The molecule has 0 atom stereocenters. The van der Waals surface area contributed by atoms with Crippen molar-refractivity contribution in [2.24, 2.45) is 5.92 Å². The zero-order valence-electron chi connectivity index (χ0n) is 14.4. The summed E-state index contributed by atoms with van der Waals surface area (Å²) in [6.45, 7) is 0.912.